The first-order valence-electron chi connectivity index (χ1n) is 5.96. The van der Waals surface area contributed by atoms with Crippen molar-refractivity contribution in [2.75, 3.05) is 37.8 Å². The smallest absolute Gasteiger partial charge is 0.242 e. The van der Waals surface area contributed by atoms with Gasteiger partial charge in [0.2, 0.25) is 5.91 Å². The van der Waals surface area contributed by atoms with Gasteiger partial charge in [-0.15, -0.1) is 0 Å². The zero-order valence-corrected chi connectivity index (χ0v) is 10.4. The van der Waals surface area contributed by atoms with E-state index in [9.17, 15) is 4.79 Å². The average Bonchev–Trinajstić information content (AvgIpc) is 2.57. The van der Waals surface area contributed by atoms with E-state index >= 15 is 0 Å². The molecule has 0 aromatic carbocycles. The lowest BCUT2D eigenvalue weighted by Crippen LogP contribution is -2.58. The highest BCUT2D eigenvalue weighted by Crippen LogP contribution is 2.22. The molecule has 2 aliphatic heterocycles. The lowest BCUT2D eigenvalue weighted by molar-refractivity contribution is -0.140. The summed E-state index contributed by atoms with van der Waals surface area (Å²) >= 11 is 1.92. The Morgan fingerprint density at radius 2 is 2.00 bits per heavy atom. The number of carbonyl (C=O) groups is 1. The predicted octanol–water partition coefficient (Wildman–Crippen LogP) is 0.460. The van der Waals surface area contributed by atoms with E-state index in [1.54, 1.807) is 0 Å². The molecule has 0 aromatic heterocycles. The predicted molar refractivity (Wildman–Crippen MR) is 65.5 cm³/mol. The monoisotopic (exact) mass is 244 g/mol. The molecular weight excluding hydrogens is 224 g/mol. The van der Waals surface area contributed by atoms with Crippen LogP contribution in [0.2, 0.25) is 0 Å². The number of hydrogen-bond acceptors (Lipinski definition) is 4. The summed E-state index contributed by atoms with van der Waals surface area (Å²) in [5.41, 5.74) is 5.55. The number of nitrogens with two attached hydrogens (primary N) is 1. The molecule has 16 heavy (non-hydrogen) atoms. The number of rotatable bonds is 1. The van der Waals surface area contributed by atoms with Crippen LogP contribution in [0.3, 0.4) is 0 Å². The van der Waals surface area contributed by atoms with Crippen LogP contribution in [0.5, 0.6) is 0 Å². The van der Waals surface area contributed by atoms with Crippen LogP contribution in [0, 0.1) is 0 Å². The first kappa shape index (κ1) is 12.2. The first-order chi connectivity index (χ1) is 7.72. The summed E-state index contributed by atoms with van der Waals surface area (Å²) in [6.07, 6.45) is 2.41. The fourth-order valence-electron chi connectivity index (χ4n) is 2.21. The second-order valence-electron chi connectivity index (χ2n) is 4.53. The lowest BCUT2D eigenvalue weighted by Gasteiger charge is -2.36. The number of hydrogen-bond donors (Lipinski definition) is 1. The van der Waals surface area contributed by atoms with Gasteiger partial charge in [-0.05, 0) is 25.0 Å². The van der Waals surface area contributed by atoms with Crippen molar-refractivity contribution in [3.05, 3.63) is 0 Å². The molecule has 0 saturated carbocycles. The van der Waals surface area contributed by atoms with Crippen LogP contribution in [-0.2, 0) is 9.53 Å². The van der Waals surface area contributed by atoms with Gasteiger partial charge in [0.15, 0.2) is 0 Å². The molecular formula is C11H20N2O2S. The summed E-state index contributed by atoms with van der Waals surface area (Å²) < 4.78 is 5.27. The van der Waals surface area contributed by atoms with E-state index in [1.165, 1.54) is 0 Å². The van der Waals surface area contributed by atoms with Gasteiger partial charge in [0, 0.05) is 32.1 Å². The zero-order chi connectivity index (χ0) is 11.4. The van der Waals surface area contributed by atoms with Crippen molar-refractivity contribution < 1.29 is 9.53 Å². The molecule has 2 saturated heterocycles. The van der Waals surface area contributed by atoms with E-state index in [1.807, 2.05) is 16.7 Å². The quantitative estimate of drug-likeness (QED) is 0.728. The molecule has 1 amide bonds. The third-order valence-electron chi connectivity index (χ3n) is 3.32. The van der Waals surface area contributed by atoms with E-state index in [0.29, 0.717) is 26.1 Å². The topological polar surface area (TPSA) is 55.6 Å². The molecule has 0 bridgehead atoms. The van der Waals surface area contributed by atoms with Gasteiger partial charge < -0.3 is 15.4 Å². The van der Waals surface area contributed by atoms with Crippen LogP contribution in [-0.4, -0.2) is 54.2 Å². The Morgan fingerprint density at radius 1 is 1.25 bits per heavy atom. The van der Waals surface area contributed by atoms with Gasteiger partial charge in [-0.2, -0.15) is 11.8 Å². The average molecular weight is 244 g/mol. The Bertz CT molecular complexity index is 246. The minimum absolute atomic E-state index is 0.137. The van der Waals surface area contributed by atoms with E-state index in [4.69, 9.17) is 10.5 Å². The van der Waals surface area contributed by atoms with Gasteiger partial charge in [0.1, 0.15) is 0 Å². The molecule has 2 rings (SSSR count). The van der Waals surface area contributed by atoms with Crippen molar-refractivity contribution in [3.63, 3.8) is 0 Å². The lowest BCUT2D eigenvalue weighted by atomic mass is 9.89. The molecule has 5 heteroatoms. The zero-order valence-electron chi connectivity index (χ0n) is 9.61. The third kappa shape index (κ3) is 2.70. The van der Waals surface area contributed by atoms with E-state index in [0.717, 1.165) is 31.0 Å². The summed E-state index contributed by atoms with van der Waals surface area (Å²) in [4.78, 5) is 14.3. The summed E-state index contributed by atoms with van der Waals surface area (Å²) in [7, 11) is 0. The Morgan fingerprint density at radius 3 is 2.75 bits per heavy atom. The van der Waals surface area contributed by atoms with Crippen LogP contribution in [0.25, 0.3) is 0 Å². The molecule has 0 atom stereocenters. The summed E-state index contributed by atoms with van der Waals surface area (Å²) in [6.45, 7) is 2.95. The minimum Gasteiger partial charge on any atom is -0.381 e. The Hall–Kier alpha value is -0.260. The summed E-state index contributed by atoms with van der Waals surface area (Å²) in [6, 6.07) is 0. The first-order valence-corrected chi connectivity index (χ1v) is 7.12. The van der Waals surface area contributed by atoms with Crippen LogP contribution >= 0.6 is 11.8 Å². The molecule has 2 aliphatic rings. The van der Waals surface area contributed by atoms with Crippen molar-refractivity contribution in [1.82, 2.24) is 4.90 Å². The van der Waals surface area contributed by atoms with Gasteiger partial charge in [-0.1, -0.05) is 0 Å². The van der Waals surface area contributed by atoms with Crippen LogP contribution < -0.4 is 5.73 Å². The summed E-state index contributed by atoms with van der Waals surface area (Å²) in [5, 5.41) is 0. The maximum atomic E-state index is 12.4. The van der Waals surface area contributed by atoms with Crippen molar-refractivity contribution >= 4 is 17.7 Å². The van der Waals surface area contributed by atoms with Crippen molar-refractivity contribution in [3.8, 4) is 0 Å². The Kier molecular flexibility index (Phi) is 4.10. The highest BCUT2D eigenvalue weighted by Gasteiger charge is 2.38. The number of carbonyl (C=O) groups excluding carboxylic acids is 1. The number of amides is 1. The SMILES string of the molecule is NC1(C(=O)N2CCCSCC2)CCOCC1. The van der Waals surface area contributed by atoms with Gasteiger partial charge in [0.25, 0.3) is 0 Å². The molecule has 4 nitrogen and oxygen atoms in total. The highest BCUT2D eigenvalue weighted by molar-refractivity contribution is 7.99. The van der Waals surface area contributed by atoms with Crippen LogP contribution in [0.15, 0.2) is 0 Å². The molecule has 0 aromatic rings. The number of ether oxygens (including phenoxy) is 1. The molecule has 0 spiro atoms. The van der Waals surface area contributed by atoms with Gasteiger partial charge in [-0.25, -0.2) is 0 Å². The second kappa shape index (κ2) is 5.38. The van der Waals surface area contributed by atoms with Crippen molar-refractivity contribution in [2.24, 2.45) is 5.73 Å². The van der Waals surface area contributed by atoms with Crippen LogP contribution in [0.1, 0.15) is 19.3 Å². The second-order valence-corrected chi connectivity index (χ2v) is 5.75. The molecule has 2 N–H and O–H groups in total. The largest absolute Gasteiger partial charge is 0.381 e. The summed E-state index contributed by atoms with van der Waals surface area (Å²) in [5.74, 6) is 2.33. The van der Waals surface area contributed by atoms with E-state index in [2.05, 4.69) is 0 Å². The maximum Gasteiger partial charge on any atom is 0.242 e. The van der Waals surface area contributed by atoms with Crippen molar-refractivity contribution in [1.29, 1.82) is 0 Å². The fourth-order valence-corrected chi connectivity index (χ4v) is 3.10. The Labute approximate surface area is 101 Å². The van der Waals surface area contributed by atoms with Gasteiger partial charge >= 0.3 is 0 Å². The molecule has 2 heterocycles. The normalized spacial score (nSPS) is 26.2. The Balaban J connectivity index is 1.98. The minimum atomic E-state index is -0.659. The number of thioether (sulfide) groups is 1. The van der Waals surface area contributed by atoms with E-state index < -0.39 is 5.54 Å². The molecule has 2 fully saturated rings. The maximum absolute atomic E-state index is 12.4. The van der Waals surface area contributed by atoms with Crippen molar-refractivity contribution in [2.45, 2.75) is 24.8 Å². The molecule has 0 aliphatic carbocycles. The number of nitrogens with zero attached hydrogens (tertiary/aromatic N) is 1. The molecule has 0 unspecified atom stereocenters. The highest BCUT2D eigenvalue weighted by atomic mass is 32.2. The van der Waals surface area contributed by atoms with Gasteiger partial charge in [-0.3, -0.25) is 4.79 Å². The molecule has 0 radical (unpaired) electrons. The fraction of sp³-hybridized carbons (Fsp3) is 0.909. The third-order valence-corrected chi connectivity index (χ3v) is 4.37. The van der Waals surface area contributed by atoms with E-state index in [-0.39, 0.29) is 5.91 Å². The molecule has 92 valence electrons. The standard InChI is InChI=1S/C11H20N2O2S/c12-11(2-6-15-7-3-11)10(14)13-4-1-8-16-9-5-13/h1-9,12H2. The van der Waals surface area contributed by atoms with Gasteiger partial charge in [0.05, 0.1) is 5.54 Å². The van der Waals surface area contributed by atoms with Crippen LogP contribution in [0.4, 0.5) is 0 Å².